The smallest absolute Gasteiger partial charge is 0.229 e. The van der Waals surface area contributed by atoms with Crippen molar-refractivity contribution in [2.75, 3.05) is 10.6 Å². The minimum atomic E-state index is 0.553. The Morgan fingerprint density at radius 2 is 1.81 bits per heavy atom. The topological polar surface area (TPSA) is 49.8 Å². The van der Waals surface area contributed by atoms with Gasteiger partial charge in [0, 0.05) is 23.5 Å². The lowest BCUT2D eigenvalue weighted by molar-refractivity contribution is 0.461. The van der Waals surface area contributed by atoms with Gasteiger partial charge in [0.25, 0.3) is 0 Å². The second-order valence-electron chi connectivity index (χ2n) is 5.70. The molecule has 21 heavy (non-hydrogen) atoms. The lowest BCUT2D eigenvalue weighted by Crippen LogP contribution is -2.23. The summed E-state index contributed by atoms with van der Waals surface area (Å²) >= 11 is 0. The molecule has 2 aromatic rings. The Balaban J connectivity index is 1.73. The van der Waals surface area contributed by atoms with E-state index in [1.165, 1.54) is 32.1 Å². The molecule has 4 heteroatoms. The van der Waals surface area contributed by atoms with E-state index < -0.39 is 0 Å². The zero-order chi connectivity index (χ0) is 14.5. The maximum Gasteiger partial charge on any atom is 0.229 e. The SMILES string of the molecule is Cc1cnc(Nc2ccccc2)nc1NC1CCCCC1. The first-order valence-electron chi connectivity index (χ1n) is 7.73. The van der Waals surface area contributed by atoms with E-state index in [1.54, 1.807) is 0 Å². The third-order valence-electron chi connectivity index (χ3n) is 3.95. The van der Waals surface area contributed by atoms with Gasteiger partial charge < -0.3 is 10.6 Å². The predicted octanol–water partition coefficient (Wildman–Crippen LogP) is 4.27. The van der Waals surface area contributed by atoms with E-state index in [2.05, 4.69) is 27.5 Å². The molecular weight excluding hydrogens is 260 g/mol. The van der Waals surface area contributed by atoms with E-state index in [0.29, 0.717) is 12.0 Å². The average molecular weight is 282 g/mol. The maximum absolute atomic E-state index is 4.63. The second kappa shape index (κ2) is 6.57. The highest BCUT2D eigenvalue weighted by Crippen LogP contribution is 2.23. The maximum atomic E-state index is 4.63. The van der Waals surface area contributed by atoms with E-state index in [4.69, 9.17) is 0 Å². The summed E-state index contributed by atoms with van der Waals surface area (Å²) in [6.45, 7) is 2.05. The number of hydrogen-bond acceptors (Lipinski definition) is 4. The zero-order valence-electron chi connectivity index (χ0n) is 12.5. The van der Waals surface area contributed by atoms with Crippen molar-refractivity contribution in [3.8, 4) is 0 Å². The molecule has 0 aliphatic heterocycles. The molecule has 4 nitrogen and oxygen atoms in total. The van der Waals surface area contributed by atoms with Crippen LogP contribution in [0, 0.1) is 6.92 Å². The number of hydrogen-bond donors (Lipinski definition) is 2. The Labute approximate surface area is 126 Å². The van der Waals surface area contributed by atoms with Crippen molar-refractivity contribution in [2.24, 2.45) is 0 Å². The molecule has 1 aromatic heterocycles. The second-order valence-corrected chi connectivity index (χ2v) is 5.70. The van der Waals surface area contributed by atoms with E-state index in [-0.39, 0.29) is 0 Å². The van der Waals surface area contributed by atoms with Crippen LogP contribution in [-0.2, 0) is 0 Å². The fourth-order valence-corrected chi connectivity index (χ4v) is 2.74. The van der Waals surface area contributed by atoms with Crippen molar-refractivity contribution in [3.05, 3.63) is 42.1 Å². The van der Waals surface area contributed by atoms with Gasteiger partial charge in [0.2, 0.25) is 5.95 Å². The van der Waals surface area contributed by atoms with Gasteiger partial charge in [-0.05, 0) is 31.9 Å². The minimum Gasteiger partial charge on any atom is -0.367 e. The monoisotopic (exact) mass is 282 g/mol. The first kappa shape index (κ1) is 13.9. The highest BCUT2D eigenvalue weighted by atomic mass is 15.1. The molecule has 1 fully saturated rings. The molecule has 0 unspecified atom stereocenters. The van der Waals surface area contributed by atoms with E-state index in [1.807, 2.05) is 36.5 Å². The van der Waals surface area contributed by atoms with Crippen LogP contribution < -0.4 is 10.6 Å². The van der Waals surface area contributed by atoms with Gasteiger partial charge in [-0.3, -0.25) is 0 Å². The summed E-state index contributed by atoms with van der Waals surface area (Å²) in [6.07, 6.45) is 8.36. The molecule has 2 N–H and O–H groups in total. The highest BCUT2D eigenvalue weighted by Gasteiger charge is 2.15. The Hall–Kier alpha value is -2.10. The predicted molar refractivity (Wildman–Crippen MR) is 87.0 cm³/mol. The van der Waals surface area contributed by atoms with Gasteiger partial charge in [0.15, 0.2) is 0 Å². The number of aromatic nitrogens is 2. The summed E-state index contributed by atoms with van der Waals surface area (Å²) in [7, 11) is 0. The van der Waals surface area contributed by atoms with Gasteiger partial charge in [-0.25, -0.2) is 4.98 Å². The number of nitrogens with zero attached hydrogens (tertiary/aromatic N) is 2. The number of para-hydroxylation sites is 1. The van der Waals surface area contributed by atoms with Crippen LogP contribution in [0.4, 0.5) is 17.5 Å². The van der Waals surface area contributed by atoms with Gasteiger partial charge in [-0.15, -0.1) is 0 Å². The third kappa shape index (κ3) is 3.72. The van der Waals surface area contributed by atoms with E-state index >= 15 is 0 Å². The van der Waals surface area contributed by atoms with Crippen LogP contribution in [-0.4, -0.2) is 16.0 Å². The molecule has 1 aliphatic carbocycles. The molecule has 0 saturated heterocycles. The first-order valence-corrected chi connectivity index (χ1v) is 7.73. The molecule has 0 amide bonds. The number of aryl methyl sites for hydroxylation is 1. The summed E-state index contributed by atoms with van der Waals surface area (Å²) in [5, 5.41) is 6.83. The summed E-state index contributed by atoms with van der Waals surface area (Å²) in [5.41, 5.74) is 2.10. The van der Waals surface area contributed by atoms with Crippen molar-refractivity contribution in [1.29, 1.82) is 0 Å². The Kier molecular flexibility index (Phi) is 4.34. The molecule has 1 aromatic carbocycles. The van der Waals surface area contributed by atoms with Gasteiger partial charge in [0.1, 0.15) is 5.82 Å². The molecule has 0 spiro atoms. The van der Waals surface area contributed by atoms with Crippen LogP contribution in [0.25, 0.3) is 0 Å². The fraction of sp³-hybridized carbons (Fsp3) is 0.412. The summed E-state index contributed by atoms with van der Waals surface area (Å²) < 4.78 is 0. The van der Waals surface area contributed by atoms with Crippen LogP contribution >= 0.6 is 0 Å². The molecule has 1 heterocycles. The standard InChI is InChI=1S/C17H22N4/c1-13-12-18-17(20-15-10-6-3-7-11-15)21-16(13)19-14-8-4-2-5-9-14/h3,6-7,10-12,14H,2,4-5,8-9H2,1H3,(H2,18,19,20,21). The Bertz CT molecular complexity index is 577. The molecule has 110 valence electrons. The normalized spacial score (nSPS) is 15.7. The van der Waals surface area contributed by atoms with Crippen LogP contribution in [0.5, 0.6) is 0 Å². The van der Waals surface area contributed by atoms with Crippen LogP contribution in [0.3, 0.4) is 0 Å². The molecule has 1 aliphatic rings. The van der Waals surface area contributed by atoms with Gasteiger partial charge in [0.05, 0.1) is 0 Å². The van der Waals surface area contributed by atoms with Crippen molar-refractivity contribution in [2.45, 2.75) is 45.1 Å². The minimum absolute atomic E-state index is 0.553. The van der Waals surface area contributed by atoms with Crippen molar-refractivity contribution in [1.82, 2.24) is 9.97 Å². The molecule has 0 bridgehead atoms. The molecule has 1 saturated carbocycles. The molecular formula is C17H22N4. The summed E-state index contributed by atoms with van der Waals surface area (Å²) in [5.74, 6) is 1.60. The number of nitrogens with one attached hydrogen (secondary N) is 2. The fourth-order valence-electron chi connectivity index (χ4n) is 2.74. The summed E-state index contributed by atoms with van der Waals surface area (Å²) in [6, 6.07) is 10.6. The molecule has 0 radical (unpaired) electrons. The van der Waals surface area contributed by atoms with Crippen LogP contribution in [0.2, 0.25) is 0 Å². The third-order valence-corrected chi connectivity index (χ3v) is 3.95. The first-order chi connectivity index (χ1) is 10.3. The quantitative estimate of drug-likeness (QED) is 0.879. The largest absolute Gasteiger partial charge is 0.367 e. The van der Waals surface area contributed by atoms with Crippen LogP contribution in [0.1, 0.15) is 37.7 Å². The summed E-state index contributed by atoms with van der Waals surface area (Å²) in [4.78, 5) is 8.99. The van der Waals surface area contributed by atoms with Gasteiger partial charge in [-0.2, -0.15) is 4.98 Å². The van der Waals surface area contributed by atoms with E-state index in [0.717, 1.165) is 17.1 Å². The lowest BCUT2D eigenvalue weighted by Gasteiger charge is -2.24. The van der Waals surface area contributed by atoms with E-state index in [9.17, 15) is 0 Å². The number of anilines is 3. The molecule has 0 atom stereocenters. The Morgan fingerprint density at radius 3 is 2.57 bits per heavy atom. The highest BCUT2D eigenvalue weighted by molar-refractivity contribution is 5.55. The van der Waals surface area contributed by atoms with Crippen LogP contribution in [0.15, 0.2) is 36.5 Å². The molecule has 3 rings (SSSR count). The van der Waals surface area contributed by atoms with Gasteiger partial charge >= 0.3 is 0 Å². The average Bonchev–Trinajstić information content (AvgIpc) is 2.53. The number of benzene rings is 1. The van der Waals surface area contributed by atoms with Crippen molar-refractivity contribution < 1.29 is 0 Å². The van der Waals surface area contributed by atoms with Crippen molar-refractivity contribution in [3.63, 3.8) is 0 Å². The van der Waals surface area contributed by atoms with Crippen molar-refractivity contribution >= 4 is 17.5 Å². The zero-order valence-corrected chi connectivity index (χ0v) is 12.5. The Morgan fingerprint density at radius 1 is 1.05 bits per heavy atom. The lowest BCUT2D eigenvalue weighted by atomic mass is 9.95. The van der Waals surface area contributed by atoms with Gasteiger partial charge in [-0.1, -0.05) is 37.5 Å². The number of rotatable bonds is 4.